The molecule has 0 radical (unpaired) electrons. The van der Waals surface area contributed by atoms with Gasteiger partial charge in [0.1, 0.15) is 5.75 Å². The van der Waals surface area contributed by atoms with Gasteiger partial charge in [-0.25, -0.2) is 0 Å². The first-order chi connectivity index (χ1) is 9.92. The maximum absolute atomic E-state index is 12.3. The maximum atomic E-state index is 12.3. The molecule has 0 aliphatic heterocycles. The van der Waals surface area contributed by atoms with Crippen LogP contribution in [0.25, 0.3) is 0 Å². The molecule has 2 aromatic carbocycles. The van der Waals surface area contributed by atoms with Gasteiger partial charge in [-0.3, -0.25) is 4.79 Å². The summed E-state index contributed by atoms with van der Waals surface area (Å²) >= 11 is 6.04. The number of ether oxygens (including phenoxy) is 1. The van der Waals surface area contributed by atoms with Gasteiger partial charge in [-0.05, 0) is 49.2 Å². The quantitative estimate of drug-likeness (QED) is 0.848. The van der Waals surface area contributed by atoms with E-state index in [4.69, 9.17) is 22.1 Å². The second-order valence-corrected chi connectivity index (χ2v) is 5.23. The number of nitrogens with two attached hydrogens (primary N) is 1. The number of methoxy groups -OCH3 is 1. The van der Waals surface area contributed by atoms with Gasteiger partial charge in [-0.2, -0.15) is 0 Å². The Morgan fingerprint density at radius 2 is 1.90 bits per heavy atom. The van der Waals surface area contributed by atoms with Crippen LogP contribution in [0.15, 0.2) is 30.3 Å². The van der Waals surface area contributed by atoms with Crippen LogP contribution in [0, 0.1) is 13.8 Å². The number of nitrogens with one attached hydrogen (secondary N) is 1. The molecular formula is C16H17ClN2O2. The fourth-order valence-corrected chi connectivity index (χ4v) is 2.31. The van der Waals surface area contributed by atoms with Crippen molar-refractivity contribution < 1.29 is 9.53 Å². The van der Waals surface area contributed by atoms with Gasteiger partial charge in [-0.15, -0.1) is 0 Å². The minimum absolute atomic E-state index is 0.222. The summed E-state index contributed by atoms with van der Waals surface area (Å²) in [5.74, 6) is 0.339. The van der Waals surface area contributed by atoms with Crippen molar-refractivity contribution in [2.75, 3.05) is 18.2 Å². The van der Waals surface area contributed by atoms with Gasteiger partial charge < -0.3 is 15.8 Å². The van der Waals surface area contributed by atoms with E-state index in [9.17, 15) is 4.79 Å². The Balaban J connectivity index is 2.26. The van der Waals surface area contributed by atoms with Gasteiger partial charge in [0.05, 0.1) is 12.1 Å². The Hall–Kier alpha value is -2.20. The summed E-state index contributed by atoms with van der Waals surface area (Å²) in [5, 5.41) is 3.24. The van der Waals surface area contributed by atoms with Crippen LogP contribution in [0.2, 0.25) is 5.02 Å². The first kappa shape index (κ1) is 15.2. The van der Waals surface area contributed by atoms with E-state index in [0.29, 0.717) is 27.7 Å². The fourth-order valence-electron chi connectivity index (χ4n) is 2.06. The maximum Gasteiger partial charge on any atom is 0.256 e. The normalized spacial score (nSPS) is 10.3. The lowest BCUT2D eigenvalue weighted by Gasteiger charge is -2.11. The Morgan fingerprint density at radius 3 is 2.52 bits per heavy atom. The first-order valence-electron chi connectivity index (χ1n) is 6.44. The number of rotatable bonds is 3. The molecule has 0 saturated carbocycles. The van der Waals surface area contributed by atoms with E-state index in [1.165, 1.54) is 7.11 Å². The van der Waals surface area contributed by atoms with Crippen molar-refractivity contribution in [1.29, 1.82) is 0 Å². The Morgan fingerprint density at radius 1 is 1.19 bits per heavy atom. The first-order valence-corrected chi connectivity index (χ1v) is 6.81. The molecule has 1 amide bonds. The molecule has 0 aromatic heterocycles. The van der Waals surface area contributed by atoms with E-state index in [-0.39, 0.29) is 5.91 Å². The number of halogens is 1. The minimum Gasteiger partial charge on any atom is -0.495 e. The van der Waals surface area contributed by atoms with E-state index in [1.807, 2.05) is 19.9 Å². The van der Waals surface area contributed by atoms with Gasteiger partial charge in [-0.1, -0.05) is 17.7 Å². The standard InChI is InChI=1S/C16H17ClN2O2/c1-9-6-10(2)14(18)8-12(9)16(20)19-11-4-5-15(21-3)13(17)7-11/h4-8H,18H2,1-3H3,(H,19,20). The zero-order valence-corrected chi connectivity index (χ0v) is 12.9. The number of benzene rings is 2. The van der Waals surface area contributed by atoms with E-state index >= 15 is 0 Å². The van der Waals surface area contributed by atoms with Crippen molar-refractivity contribution >= 4 is 28.9 Å². The summed E-state index contributed by atoms with van der Waals surface area (Å²) in [4.78, 5) is 12.3. The Bertz CT molecular complexity index is 699. The largest absolute Gasteiger partial charge is 0.495 e. The van der Waals surface area contributed by atoms with Crippen molar-refractivity contribution in [2.24, 2.45) is 0 Å². The van der Waals surface area contributed by atoms with Crippen molar-refractivity contribution in [3.8, 4) is 5.75 Å². The van der Waals surface area contributed by atoms with Crippen molar-refractivity contribution in [2.45, 2.75) is 13.8 Å². The van der Waals surface area contributed by atoms with Crippen LogP contribution in [0.5, 0.6) is 5.75 Å². The van der Waals surface area contributed by atoms with Gasteiger partial charge in [0.25, 0.3) is 5.91 Å². The number of hydrogen-bond donors (Lipinski definition) is 2. The van der Waals surface area contributed by atoms with E-state index < -0.39 is 0 Å². The number of carbonyl (C=O) groups is 1. The molecule has 2 aromatic rings. The van der Waals surface area contributed by atoms with E-state index in [0.717, 1.165) is 11.1 Å². The molecule has 0 aliphatic rings. The fraction of sp³-hybridized carbons (Fsp3) is 0.188. The summed E-state index contributed by atoms with van der Waals surface area (Å²) in [6.45, 7) is 3.79. The Kier molecular flexibility index (Phi) is 4.38. The van der Waals surface area contributed by atoms with Crippen molar-refractivity contribution in [3.05, 3.63) is 52.0 Å². The topological polar surface area (TPSA) is 64.3 Å². The smallest absolute Gasteiger partial charge is 0.256 e. The van der Waals surface area contributed by atoms with Crippen LogP contribution in [-0.4, -0.2) is 13.0 Å². The number of nitrogen functional groups attached to an aromatic ring is 1. The number of aryl methyl sites for hydroxylation is 2. The van der Waals surface area contributed by atoms with E-state index in [2.05, 4.69) is 5.32 Å². The molecule has 2 rings (SSSR count). The van der Waals surface area contributed by atoms with Gasteiger partial charge >= 0.3 is 0 Å². The molecule has 0 bridgehead atoms. The van der Waals surface area contributed by atoms with Crippen LogP contribution in [0.1, 0.15) is 21.5 Å². The van der Waals surface area contributed by atoms with E-state index in [1.54, 1.807) is 24.3 Å². The molecule has 4 nitrogen and oxygen atoms in total. The third-order valence-corrected chi connectivity index (χ3v) is 3.56. The summed E-state index contributed by atoms with van der Waals surface area (Å²) in [6.07, 6.45) is 0. The highest BCUT2D eigenvalue weighted by atomic mass is 35.5. The third kappa shape index (κ3) is 3.28. The number of anilines is 2. The lowest BCUT2D eigenvalue weighted by Crippen LogP contribution is -2.14. The number of amides is 1. The molecule has 5 heteroatoms. The highest BCUT2D eigenvalue weighted by Gasteiger charge is 2.12. The molecule has 0 saturated heterocycles. The third-order valence-electron chi connectivity index (χ3n) is 3.27. The van der Waals surface area contributed by atoms with Crippen LogP contribution >= 0.6 is 11.6 Å². The van der Waals surface area contributed by atoms with Crippen molar-refractivity contribution in [3.63, 3.8) is 0 Å². The second-order valence-electron chi connectivity index (χ2n) is 4.83. The number of hydrogen-bond acceptors (Lipinski definition) is 3. The zero-order chi connectivity index (χ0) is 15.6. The van der Waals surface area contributed by atoms with Gasteiger partial charge in [0.2, 0.25) is 0 Å². The summed E-state index contributed by atoms with van der Waals surface area (Å²) < 4.78 is 5.08. The second kappa shape index (κ2) is 6.06. The average Bonchev–Trinajstić information content (AvgIpc) is 2.43. The molecule has 0 atom stereocenters. The van der Waals surface area contributed by atoms with Crippen LogP contribution in [-0.2, 0) is 0 Å². The van der Waals surface area contributed by atoms with Crippen LogP contribution in [0.4, 0.5) is 11.4 Å². The lowest BCUT2D eigenvalue weighted by molar-refractivity contribution is 0.102. The molecule has 110 valence electrons. The minimum atomic E-state index is -0.222. The molecule has 0 heterocycles. The molecular weight excluding hydrogens is 288 g/mol. The summed E-state index contributed by atoms with van der Waals surface area (Å²) in [7, 11) is 1.54. The molecule has 21 heavy (non-hydrogen) atoms. The Labute approximate surface area is 128 Å². The summed E-state index contributed by atoms with van der Waals surface area (Å²) in [6, 6.07) is 8.66. The summed E-state index contributed by atoms with van der Waals surface area (Å²) in [5.41, 5.74) is 9.44. The molecule has 0 spiro atoms. The zero-order valence-electron chi connectivity index (χ0n) is 12.2. The van der Waals surface area contributed by atoms with Gasteiger partial charge in [0, 0.05) is 16.9 Å². The molecule has 0 fully saturated rings. The SMILES string of the molecule is COc1ccc(NC(=O)c2cc(N)c(C)cc2C)cc1Cl. The van der Waals surface area contributed by atoms with Crippen molar-refractivity contribution in [1.82, 2.24) is 0 Å². The average molecular weight is 305 g/mol. The molecule has 0 aliphatic carbocycles. The lowest BCUT2D eigenvalue weighted by atomic mass is 10.0. The predicted octanol–water partition coefficient (Wildman–Crippen LogP) is 3.80. The highest BCUT2D eigenvalue weighted by Crippen LogP contribution is 2.27. The van der Waals surface area contributed by atoms with Crippen LogP contribution < -0.4 is 15.8 Å². The van der Waals surface area contributed by atoms with Crippen LogP contribution in [0.3, 0.4) is 0 Å². The molecule has 3 N–H and O–H groups in total. The van der Waals surface area contributed by atoms with Gasteiger partial charge in [0.15, 0.2) is 0 Å². The monoisotopic (exact) mass is 304 g/mol. The predicted molar refractivity (Wildman–Crippen MR) is 86.3 cm³/mol. The molecule has 0 unspecified atom stereocenters. The number of carbonyl (C=O) groups excluding carboxylic acids is 1. The highest BCUT2D eigenvalue weighted by molar-refractivity contribution is 6.32.